The molecule has 0 fully saturated rings. The van der Waals surface area contributed by atoms with Gasteiger partial charge >= 0.3 is 0 Å². The molecule has 120 valence electrons. The molecule has 2 aliphatic carbocycles. The highest BCUT2D eigenvalue weighted by Gasteiger charge is 2.33. The maximum atomic E-state index is 8.82. The lowest BCUT2D eigenvalue weighted by Gasteiger charge is -2.36. The lowest BCUT2D eigenvalue weighted by molar-refractivity contribution is 0.167. The van der Waals surface area contributed by atoms with Crippen molar-refractivity contribution in [3.63, 3.8) is 0 Å². The fourth-order valence-corrected chi connectivity index (χ4v) is 4.36. The maximum absolute atomic E-state index is 8.82. The number of nitrogen functional groups attached to an aromatic ring is 1. The van der Waals surface area contributed by atoms with Crippen LogP contribution in [0.3, 0.4) is 0 Å². The topological polar surface area (TPSA) is 71.2 Å². The first-order valence-electron chi connectivity index (χ1n) is 8.09. The predicted octanol–water partition coefficient (Wildman–Crippen LogP) is 3.82. The van der Waals surface area contributed by atoms with Crippen LogP contribution >= 0.6 is 11.6 Å². The molecule has 1 heterocycles. The smallest absolute Gasteiger partial charge is 0.0741 e. The number of benzene rings is 1. The van der Waals surface area contributed by atoms with Gasteiger partial charge in [0.25, 0.3) is 0 Å². The number of aromatic nitrogens is 1. The van der Waals surface area contributed by atoms with Gasteiger partial charge in [0.1, 0.15) is 0 Å². The molecule has 2 bridgehead atoms. The molecule has 0 saturated heterocycles. The quantitative estimate of drug-likeness (QED) is 0.591. The van der Waals surface area contributed by atoms with Crippen molar-refractivity contribution in [2.45, 2.75) is 31.6 Å². The Morgan fingerprint density at radius 2 is 2.22 bits per heavy atom. The molecule has 4 nitrogen and oxygen atoms in total. The van der Waals surface area contributed by atoms with Crippen molar-refractivity contribution >= 4 is 28.2 Å². The number of nitrogens with zero attached hydrogens (tertiary/aromatic N) is 1. The highest BCUT2D eigenvalue weighted by Crippen LogP contribution is 2.47. The third-order valence-corrected chi connectivity index (χ3v) is 5.33. The molecule has 0 radical (unpaired) electrons. The summed E-state index contributed by atoms with van der Waals surface area (Å²) in [6, 6.07) is 5.74. The van der Waals surface area contributed by atoms with Crippen LogP contribution in [0.2, 0.25) is 5.02 Å². The number of rotatable bonds is 3. The SMILES string of the molecule is Nc1c2c(nc3cc(Cl)ccc13)CC1C=C(CCNO)CC2C1. The highest BCUT2D eigenvalue weighted by molar-refractivity contribution is 6.31. The summed E-state index contributed by atoms with van der Waals surface area (Å²) in [5.74, 6) is 0.966. The first-order valence-corrected chi connectivity index (χ1v) is 8.47. The van der Waals surface area contributed by atoms with Crippen molar-refractivity contribution in [2.75, 3.05) is 12.3 Å². The first kappa shape index (κ1) is 14.9. The van der Waals surface area contributed by atoms with Crippen LogP contribution in [0, 0.1) is 5.92 Å². The summed E-state index contributed by atoms with van der Waals surface area (Å²) in [6.45, 7) is 0.599. The third kappa shape index (κ3) is 2.61. The van der Waals surface area contributed by atoms with Crippen molar-refractivity contribution in [3.05, 3.63) is 46.1 Å². The molecule has 2 aliphatic rings. The van der Waals surface area contributed by atoms with Crippen molar-refractivity contribution in [1.29, 1.82) is 0 Å². The van der Waals surface area contributed by atoms with Gasteiger partial charge in [0.2, 0.25) is 0 Å². The summed E-state index contributed by atoms with van der Waals surface area (Å²) in [6.07, 6.45) is 6.35. The summed E-state index contributed by atoms with van der Waals surface area (Å²) in [5, 5.41) is 10.5. The van der Waals surface area contributed by atoms with E-state index < -0.39 is 0 Å². The molecule has 0 spiro atoms. The number of allylic oxidation sites excluding steroid dienone is 1. The standard InChI is InChI=1S/C18H20ClN3O/c19-13-1-2-14-15(9-13)22-16-8-11-5-10(3-4-21-23)6-12(7-11)17(16)18(14)20/h1-2,5,9,11-12,21,23H,3-4,6-8H2,(H2,20,22). The number of nitrogens with two attached hydrogens (primary N) is 1. The fourth-order valence-electron chi connectivity index (χ4n) is 4.19. The van der Waals surface area contributed by atoms with Crippen LogP contribution in [0.1, 0.15) is 36.4 Å². The van der Waals surface area contributed by atoms with Crippen LogP contribution in [0.4, 0.5) is 5.69 Å². The molecule has 23 heavy (non-hydrogen) atoms. The van der Waals surface area contributed by atoms with E-state index in [9.17, 15) is 0 Å². The van der Waals surface area contributed by atoms with E-state index in [0.717, 1.165) is 48.0 Å². The normalized spacial score (nSPS) is 22.8. The molecule has 0 amide bonds. The van der Waals surface area contributed by atoms with Gasteiger partial charge in [-0.15, -0.1) is 0 Å². The fraction of sp³-hybridized carbons (Fsp3) is 0.389. The summed E-state index contributed by atoms with van der Waals surface area (Å²) < 4.78 is 0. The summed E-state index contributed by atoms with van der Waals surface area (Å²) in [7, 11) is 0. The largest absolute Gasteiger partial charge is 0.398 e. The van der Waals surface area contributed by atoms with Crippen LogP contribution in [-0.2, 0) is 6.42 Å². The number of pyridine rings is 1. The van der Waals surface area contributed by atoms with Gasteiger partial charge < -0.3 is 10.9 Å². The molecule has 1 aromatic carbocycles. The van der Waals surface area contributed by atoms with E-state index in [2.05, 4.69) is 11.6 Å². The Kier molecular flexibility index (Phi) is 3.76. The summed E-state index contributed by atoms with van der Waals surface area (Å²) >= 11 is 6.10. The van der Waals surface area contributed by atoms with E-state index in [1.165, 1.54) is 11.1 Å². The Hall–Kier alpha value is -1.62. The zero-order valence-electron chi connectivity index (χ0n) is 12.8. The molecule has 2 aromatic rings. The number of fused-ring (bicyclic) bond motifs is 5. The second-order valence-corrected chi connectivity index (χ2v) is 7.07. The minimum Gasteiger partial charge on any atom is -0.398 e. The third-order valence-electron chi connectivity index (χ3n) is 5.10. The minimum absolute atomic E-state index is 0.440. The molecular formula is C18H20ClN3O. The van der Waals surface area contributed by atoms with Crippen molar-refractivity contribution < 1.29 is 5.21 Å². The number of halogens is 1. The molecule has 4 N–H and O–H groups in total. The molecule has 5 heteroatoms. The number of hydrogen-bond acceptors (Lipinski definition) is 4. The first-order chi connectivity index (χ1) is 11.2. The average Bonchev–Trinajstić information content (AvgIpc) is 2.52. The minimum atomic E-state index is 0.440. The van der Waals surface area contributed by atoms with E-state index in [1.807, 2.05) is 18.2 Å². The van der Waals surface area contributed by atoms with Gasteiger partial charge in [0, 0.05) is 33.9 Å². The Bertz CT molecular complexity index is 802. The van der Waals surface area contributed by atoms with Gasteiger partial charge in [-0.2, -0.15) is 0 Å². The van der Waals surface area contributed by atoms with Gasteiger partial charge in [0.15, 0.2) is 0 Å². The monoisotopic (exact) mass is 329 g/mol. The van der Waals surface area contributed by atoms with E-state index in [1.54, 1.807) is 0 Å². The Balaban J connectivity index is 1.77. The van der Waals surface area contributed by atoms with Gasteiger partial charge in [-0.1, -0.05) is 23.3 Å². The lowest BCUT2D eigenvalue weighted by Crippen LogP contribution is -2.25. The molecule has 4 rings (SSSR count). The van der Waals surface area contributed by atoms with Crippen LogP contribution < -0.4 is 11.2 Å². The average molecular weight is 330 g/mol. The van der Waals surface area contributed by atoms with Crippen molar-refractivity contribution in [3.8, 4) is 0 Å². The van der Waals surface area contributed by atoms with E-state index in [0.29, 0.717) is 23.4 Å². The molecule has 2 unspecified atom stereocenters. The van der Waals surface area contributed by atoms with Crippen LogP contribution in [0.25, 0.3) is 10.9 Å². The number of hydrogen-bond donors (Lipinski definition) is 3. The second-order valence-electron chi connectivity index (χ2n) is 6.63. The molecule has 0 saturated carbocycles. The van der Waals surface area contributed by atoms with Gasteiger partial charge in [-0.3, -0.25) is 4.98 Å². The van der Waals surface area contributed by atoms with E-state index >= 15 is 0 Å². The number of hydroxylamine groups is 1. The summed E-state index contributed by atoms with van der Waals surface area (Å²) in [5.41, 5.74) is 14.3. The molecule has 0 aliphatic heterocycles. The van der Waals surface area contributed by atoms with Crippen molar-refractivity contribution in [1.82, 2.24) is 10.5 Å². The van der Waals surface area contributed by atoms with Crippen molar-refractivity contribution in [2.24, 2.45) is 5.92 Å². The molecular weight excluding hydrogens is 310 g/mol. The predicted molar refractivity (Wildman–Crippen MR) is 92.8 cm³/mol. The zero-order valence-corrected chi connectivity index (χ0v) is 13.6. The maximum Gasteiger partial charge on any atom is 0.0741 e. The van der Waals surface area contributed by atoms with Gasteiger partial charge in [0.05, 0.1) is 5.52 Å². The molecule has 2 atom stereocenters. The Labute approximate surface area is 140 Å². The number of anilines is 1. The van der Waals surface area contributed by atoms with Crippen LogP contribution in [0.15, 0.2) is 29.8 Å². The summed E-state index contributed by atoms with van der Waals surface area (Å²) in [4.78, 5) is 4.86. The lowest BCUT2D eigenvalue weighted by atomic mass is 9.70. The number of nitrogens with one attached hydrogen (secondary N) is 1. The van der Waals surface area contributed by atoms with Gasteiger partial charge in [-0.05, 0) is 55.7 Å². The zero-order chi connectivity index (χ0) is 16.0. The molecule has 1 aromatic heterocycles. The van der Waals surface area contributed by atoms with Crippen LogP contribution in [-0.4, -0.2) is 16.7 Å². The highest BCUT2D eigenvalue weighted by atomic mass is 35.5. The Morgan fingerprint density at radius 3 is 3.04 bits per heavy atom. The van der Waals surface area contributed by atoms with E-state index in [-0.39, 0.29) is 0 Å². The Morgan fingerprint density at radius 1 is 1.35 bits per heavy atom. The van der Waals surface area contributed by atoms with Gasteiger partial charge in [-0.25, -0.2) is 5.48 Å². The van der Waals surface area contributed by atoms with Crippen LogP contribution in [0.5, 0.6) is 0 Å². The second kappa shape index (κ2) is 5.78. The van der Waals surface area contributed by atoms with E-state index in [4.69, 9.17) is 27.5 Å².